The quantitative estimate of drug-likeness (QED) is 0.231. The Morgan fingerprint density at radius 1 is 1.26 bits per heavy atom. The van der Waals surface area contributed by atoms with Gasteiger partial charge in [0.15, 0.2) is 5.96 Å². The van der Waals surface area contributed by atoms with Gasteiger partial charge in [-0.25, -0.2) is 0 Å². The second-order valence-electron chi connectivity index (χ2n) is 7.32. The summed E-state index contributed by atoms with van der Waals surface area (Å²) in [5.74, 6) is 1.93. The molecular weight excluding hydrogens is 529 g/mol. The molecule has 0 saturated carbocycles. The minimum absolute atomic E-state index is 0. The highest BCUT2D eigenvalue weighted by Crippen LogP contribution is 2.25. The third kappa shape index (κ3) is 7.21. The number of hydrogen-bond donors (Lipinski definition) is 1. The molecule has 8 nitrogen and oxygen atoms in total. The Balaban J connectivity index is 0.00000341. The van der Waals surface area contributed by atoms with Crippen LogP contribution in [-0.2, 0) is 17.7 Å². The maximum atomic E-state index is 6.22. The highest BCUT2D eigenvalue weighted by Gasteiger charge is 2.21. The van der Waals surface area contributed by atoms with Crippen LogP contribution in [0.1, 0.15) is 18.3 Å². The molecule has 2 heterocycles. The molecule has 0 unspecified atom stereocenters. The Morgan fingerprint density at radius 2 is 2.03 bits per heavy atom. The van der Waals surface area contributed by atoms with E-state index in [0.717, 1.165) is 62.5 Å². The highest BCUT2D eigenvalue weighted by molar-refractivity contribution is 14.0. The summed E-state index contributed by atoms with van der Waals surface area (Å²) in [6.07, 6.45) is 2.66. The van der Waals surface area contributed by atoms with Crippen LogP contribution in [0.5, 0.6) is 0 Å². The first-order chi connectivity index (χ1) is 14.6. The number of benzene rings is 1. The summed E-state index contributed by atoms with van der Waals surface area (Å²) in [6, 6.07) is 6.09. The van der Waals surface area contributed by atoms with Gasteiger partial charge in [-0.2, -0.15) is 0 Å². The topological polar surface area (TPSA) is 70.8 Å². The van der Waals surface area contributed by atoms with E-state index in [1.54, 1.807) is 13.4 Å². The molecule has 1 aliphatic rings. The third-order valence-corrected chi connectivity index (χ3v) is 5.53. The number of guanidine groups is 1. The molecule has 0 bridgehead atoms. The van der Waals surface area contributed by atoms with Crippen molar-refractivity contribution in [1.29, 1.82) is 0 Å². The first kappa shape index (κ1) is 25.7. The van der Waals surface area contributed by atoms with Crippen LogP contribution in [0.25, 0.3) is 0 Å². The van der Waals surface area contributed by atoms with E-state index >= 15 is 0 Å². The van der Waals surface area contributed by atoms with Gasteiger partial charge in [-0.15, -0.1) is 34.2 Å². The lowest BCUT2D eigenvalue weighted by Crippen LogP contribution is -2.53. The molecule has 10 heteroatoms. The summed E-state index contributed by atoms with van der Waals surface area (Å²) in [4.78, 5) is 9.47. The number of piperazine rings is 1. The van der Waals surface area contributed by atoms with E-state index < -0.39 is 0 Å². The Labute approximate surface area is 207 Å². The van der Waals surface area contributed by atoms with Crippen molar-refractivity contribution < 1.29 is 4.74 Å². The molecule has 0 radical (unpaired) electrons. The molecule has 0 amide bonds. The average Bonchev–Trinajstić information content (AvgIpc) is 3.22. The number of aryl methyl sites for hydroxylation is 2. The predicted molar refractivity (Wildman–Crippen MR) is 137 cm³/mol. The molecule has 1 N–H and O–H groups in total. The van der Waals surface area contributed by atoms with E-state index in [1.165, 1.54) is 11.3 Å². The van der Waals surface area contributed by atoms with Crippen molar-refractivity contribution >= 4 is 47.2 Å². The largest absolute Gasteiger partial charge is 0.383 e. The molecular formula is C21H33ClIN7O. The van der Waals surface area contributed by atoms with Gasteiger partial charge in [-0.3, -0.25) is 4.99 Å². The van der Waals surface area contributed by atoms with Crippen LogP contribution in [0.2, 0.25) is 5.02 Å². The Morgan fingerprint density at radius 3 is 2.74 bits per heavy atom. The summed E-state index contributed by atoms with van der Waals surface area (Å²) in [5.41, 5.74) is 2.47. The zero-order valence-electron chi connectivity index (χ0n) is 18.6. The van der Waals surface area contributed by atoms with Crippen molar-refractivity contribution in [2.45, 2.75) is 26.8 Å². The van der Waals surface area contributed by atoms with Crippen molar-refractivity contribution in [3.63, 3.8) is 0 Å². The van der Waals surface area contributed by atoms with Crippen LogP contribution < -0.4 is 10.2 Å². The second kappa shape index (κ2) is 13.1. The molecule has 172 valence electrons. The van der Waals surface area contributed by atoms with Gasteiger partial charge in [0.05, 0.1) is 13.2 Å². The summed E-state index contributed by atoms with van der Waals surface area (Å²) >= 11 is 6.22. The van der Waals surface area contributed by atoms with E-state index in [9.17, 15) is 0 Å². The Bertz CT molecular complexity index is 837. The maximum Gasteiger partial charge on any atom is 0.194 e. The molecule has 0 atom stereocenters. The van der Waals surface area contributed by atoms with E-state index in [2.05, 4.69) is 55.9 Å². The number of aromatic nitrogens is 3. The first-order valence-electron chi connectivity index (χ1n) is 10.5. The lowest BCUT2D eigenvalue weighted by atomic mass is 10.1. The molecule has 1 aromatic carbocycles. The predicted octanol–water partition coefficient (Wildman–Crippen LogP) is 2.83. The Hall–Kier alpha value is -1.59. The fourth-order valence-corrected chi connectivity index (χ4v) is 3.79. The van der Waals surface area contributed by atoms with Crippen LogP contribution in [-0.4, -0.2) is 78.6 Å². The standard InChI is InChI=1S/C21H32ClN7O.HI/c1-4-20-26-25-16-29(20)9-7-23-21(24-8-14-30-3)28-12-10-27(11-13-28)19-15-18(22)6-5-17(19)2;/h5-6,15-16H,4,7-14H2,1-3H3,(H,23,24);1H. The summed E-state index contributed by atoms with van der Waals surface area (Å²) in [6.45, 7) is 10.7. The minimum Gasteiger partial charge on any atom is -0.383 e. The van der Waals surface area contributed by atoms with Gasteiger partial charge in [0.2, 0.25) is 0 Å². The zero-order valence-corrected chi connectivity index (χ0v) is 21.6. The Kier molecular flexibility index (Phi) is 10.8. The normalized spacial score (nSPS) is 14.5. The number of anilines is 1. The van der Waals surface area contributed by atoms with E-state index in [-0.39, 0.29) is 24.0 Å². The smallest absolute Gasteiger partial charge is 0.194 e. The van der Waals surface area contributed by atoms with Gasteiger partial charge in [-0.1, -0.05) is 24.6 Å². The first-order valence-corrected chi connectivity index (χ1v) is 10.9. The minimum atomic E-state index is 0. The number of methoxy groups -OCH3 is 1. The number of nitrogens with zero attached hydrogens (tertiary/aromatic N) is 6. The molecule has 0 aliphatic carbocycles. The van der Waals surface area contributed by atoms with Crippen LogP contribution in [0, 0.1) is 6.92 Å². The van der Waals surface area contributed by atoms with Crippen LogP contribution in [0.15, 0.2) is 29.5 Å². The molecule has 1 aromatic heterocycles. The molecule has 1 fully saturated rings. The SMILES string of the molecule is CCc1nncn1CCNC(=NCCOC)N1CCN(c2cc(Cl)ccc2C)CC1.I. The lowest BCUT2D eigenvalue weighted by molar-refractivity contribution is 0.207. The zero-order chi connectivity index (χ0) is 21.3. The van der Waals surface area contributed by atoms with Gasteiger partial charge in [0.25, 0.3) is 0 Å². The maximum absolute atomic E-state index is 6.22. The number of halogens is 2. The van der Waals surface area contributed by atoms with Gasteiger partial charge >= 0.3 is 0 Å². The number of rotatable bonds is 8. The number of nitrogens with one attached hydrogen (secondary N) is 1. The van der Waals surface area contributed by atoms with Gasteiger partial charge in [0.1, 0.15) is 12.2 Å². The number of ether oxygens (including phenoxy) is 1. The van der Waals surface area contributed by atoms with Gasteiger partial charge < -0.3 is 24.4 Å². The van der Waals surface area contributed by atoms with Gasteiger partial charge in [-0.05, 0) is 24.6 Å². The molecule has 3 rings (SSSR count). The average molecular weight is 562 g/mol. The van der Waals surface area contributed by atoms with Crippen molar-refractivity contribution in [3.05, 3.63) is 40.9 Å². The third-order valence-electron chi connectivity index (χ3n) is 5.30. The molecule has 1 aliphatic heterocycles. The lowest BCUT2D eigenvalue weighted by Gasteiger charge is -2.38. The molecule has 1 saturated heterocycles. The number of hydrogen-bond acceptors (Lipinski definition) is 5. The van der Waals surface area contributed by atoms with Crippen molar-refractivity contribution in [2.75, 3.05) is 57.9 Å². The molecule has 0 spiro atoms. The highest BCUT2D eigenvalue weighted by atomic mass is 127. The van der Waals surface area contributed by atoms with Crippen molar-refractivity contribution in [1.82, 2.24) is 25.0 Å². The fraction of sp³-hybridized carbons (Fsp3) is 0.571. The van der Waals surface area contributed by atoms with Crippen LogP contribution in [0.4, 0.5) is 5.69 Å². The van der Waals surface area contributed by atoms with E-state index in [1.807, 2.05) is 6.07 Å². The van der Waals surface area contributed by atoms with Crippen molar-refractivity contribution in [2.24, 2.45) is 4.99 Å². The number of aliphatic imine (C=N–C) groups is 1. The van der Waals surface area contributed by atoms with Crippen molar-refractivity contribution in [3.8, 4) is 0 Å². The summed E-state index contributed by atoms with van der Waals surface area (Å²) in [7, 11) is 1.70. The van der Waals surface area contributed by atoms with E-state index in [0.29, 0.717) is 13.2 Å². The second-order valence-corrected chi connectivity index (χ2v) is 7.76. The van der Waals surface area contributed by atoms with E-state index in [4.69, 9.17) is 21.3 Å². The van der Waals surface area contributed by atoms with Crippen LogP contribution in [0.3, 0.4) is 0 Å². The monoisotopic (exact) mass is 561 g/mol. The summed E-state index contributed by atoms with van der Waals surface area (Å²) in [5, 5.41) is 12.4. The van der Waals surface area contributed by atoms with Gasteiger partial charge in [0, 0.05) is 63.5 Å². The molecule has 2 aromatic rings. The molecule has 31 heavy (non-hydrogen) atoms. The summed E-state index contributed by atoms with van der Waals surface area (Å²) < 4.78 is 7.26. The fourth-order valence-electron chi connectivity index (χ4n) is 3.62. The van der Waals surface area contributed by atoms with Crippen LogP contribution >= 0.6 is 35.6 Å².